The number of ether oxygens (including phenoxy) is 2. The average Bonchev–Trinajstić information content (AvgIpc) is 2.79. The van der Waals surface area contributed by atoms with Gasteiger partial charge in [-0.2, -0.15) is 0 Å². The van der Waals surface area contributed by atoms with Crippen molar-refractivity contribution >= 4 is 47.0 Å². The maximum Gasteiger partial charge on any atom is 0.331 e. The molecule has 0 aliphatic heterocycles. The SMILES string of the molecule is O=C(COC(=O)C=CC(=O)OCC(=O)NCc1ccc(Cl)cc1)NCc1ccc(Cl)cc1. The monoisotopic (exact) mass is 478 g/mol. The van der Waals surface area contributed by atoms with Gasteiger partial charge in [0.2, 0.25) is 0 Å². The largest absolute Gasteiger partial charge is 0.452 e. The van der Waals surface area contributed by atoms with Gasteiger partial charge in [-0.3, -0.25) is 9.59 Å². The minimum atomic E-state index is -0.907. The van der Waals surface area contributed by atoms with Gasteiger partial charge in [-0.05, 0) is 35.4 Å². The third-order valence-corrected chi connectivity index (χ3v) is 4.36. The van der Waals surface area contributed by atoms with Gasteiger partial charge in [-0.25, -0.2) is 9.59 Å². The van der Waals surface area contributed by atoms with Crippen molar-refractivity contribution in [2.75, 3.05) is 13.2 Å². The lowest BCUT2D eigenvalue weighted by Crippen LogP contribution is -2.28. The summed E-state index contributed by atoms with van der Waals surface area (Å²) in [5.74, 6) is -2.84. The summed E-state index contributed by atoms with van der Waals surface area (Å²) in [7, 11) is 0. The molecule has 0 radical (unpaired) electrons. The molecule has 0 spiro atoms. The normalized spacial score (nSPS) is 10.4. The fourth-order valence-electron chi connectivity index (χ4n) is 2.21. The fourth-order valence-corrected chi connectivity index (χ4v) is 2.47. The number of rotatable bonds is 10. The third-order valence-electron chi connectivity index (χ3n) is 3.85. The van der Waals surface area contributed by atoms with E-state index in [2.05, 4.69) is 10.6 Å². The molecule has 0 saturated carbocycles. The van der Waals surface area contributed by atoms with Crippen LogP contribution < -0.4 is 10.6 Å². The molecule has 0 aliphatic carbocycles. The second-order valence-electron chi connectivity index (χ2n) is 6.36. The van der Waals surface area contributed by atoms with E-state index in [-0.39, 0.29) is 13.1 Å². The van der Waals surface area contributed by atoms with E-state index in [0.29, 0.717) is 10.0 Å². The van der Waals surface area contributed by atoms with Crippen LogP contribution in [-0.2, 0) is 41.7 Å². The van der Waals surface area contributed by atoms with Gasteiger partial charge in [0.25, 0.3) is 11.8 Å². The van der Waals surface area contributed by atoms with Gasteiger partial charge in [0.15, 0.2) is 13.2 Å². The van der Waals surface area contributed by atoms with Crippen LogP contribution in [0.4, 0.5) is 0 Å². The van der Waals surface area contributed by atoms with Crippen molar-refractivity contribution in [3.05, 3.63) is 81.9 Å². The second kappa shape index (κ2) is 13.1. The molecule has 0 unspecified atom stereocenters. The molecule has 0 aromatic heterocycles. The molecule has 2 rings (SSSR count). The highest BCUT2D eigenvalue weighted by atomic mass is 35.5. The fraction of sp³-hybridized carbons (Fsp3) is 0.182. The Hall–Kier alpha value is -3.36. The lowest BCUT2D eigenvalue weighted by Gasteiger charge is -2.06. The third kappa shape index (κ3) is 10.1. The summed E-state index contributed by atoms with van der Waals surface area (Å²) in [6.07, 6.45) is 1.61. The van der Waals surface area contributed by atoms with Crippen molar-refractivity contribution in [2.45, 2.75) is 13.1 Å². The van der Waals surface area contributed by atoms with E-state index in [9.17, 15) is 19.2 Å². The highest BCUT2D eigenvalue weighted by Gasteiger charge is 2.08. The van der Waals surface area contributed by atoms with Gasteiger partial charge < -0.3 is 20.1 Å². The van der Waals surface area contributed by atoms with E-state index in [1.807, 2.05) is 0 Å². The minimum absolute atomic E-state index is 0.246. The molecule has 0 heterocycles. The summed E-state index contributed by atoms with van der Waals surface area (Å²) >= 11 is 11.6. The van der Waals surface area contributed by atoms with E-state index >= 15 is 0 Å². The number of amides is 2. The molecule has 10 heteroatoms. The summed E-state index contributed by atoms with van der Waals surface area (Å²) < 4.78 is 9.46. The lowest BCUT2D eigenvalue weighted by molar-refractivity contribution is -0.145. The van der Waals surface area contributed by atoms with Crippen molar-refractivity contribution in [2.24, 2.45) is 0 Å². The predicted molar refractivity (Wildman–Crippen MR) is 118 cm³/mol. The minimum Gasteiger partial charge on any atom is -0.452 e. The predicted octanol–water partition coefficient (Wildman–Crippen LogP) is 2.57. The van der Waals surface area contributed by atoms with E-state index in [1.165, 1.54) is 0 Å². The van der Waals surface area contributed by atoms with Crippen LogP contribution in [0.25, 0.3) is 0 Å². The molecule has 0 aliphatic rings. The lowest BCUT2D eigenvalue weighted by atomic mass is 10.2. The highest BCUT2D eigenvalue weighted by molar-refractivity contribution is 6.30. The van der Waals surface area contributed by atoms with Crippen molar-refractivity contribution in [3.63, 3.8) is 0 Å². The molecule has 0 fully saturated rings. The Balaban J connectivity index is 1.59. The maximum absolute atomic E-state index is 11.7. The van der Waals surface area contributed by atoms with Gasteiger partial charge in [-0.15, -0.1) is 0 Å². The zero-order valence-electron chi connectivity index (χ0n) is 16.8. The molecular weight excluding hydrogens is 459 g/mol. The first-order valence-corrected chi connectivity index (χ1v) is 10.1. The topological polar surface area (TPSA) is 111 Å². The average molecular weight is 479 g/mol. The molecule has 0 atom stereocenters. The van der Waals surface area contributed by atoms with E-state index in [0.717, 1.165) is 23.3 Å². The van der Waals surface area contributed by atoms with E-state index < -0.39 is 37.0 Å². The smallest absolute Gasteiger partial charge is 0.331 e. The number of nitrogens with one attached hydrogen (secondary N) is 2. The van der Waals surface area contributed by atoms with E-state index in [1.54, 1.807) is 48.5 Å². The van der Waals surface area contributed by atoms with Crippen LogP contribution in [0.15, 0.2) is 60.7 Å². The molecule has 32 heavy (non-hydrogen) atoms. The van der Waals surface area contributed by atoms with Gasteiger partial charge in [0.1, 0.15) is 0 Å². The number of hydrogen-bond acceptors (Lipinski definition) is 6. The zero-order valence-corrected chi connectivity index (χ0v) is 18.3. The van der Waals surface area contributed by atoms with Crippen molar-refractivity contribution in [3.8, 4) is 0 Å². The van der Waals surface area contributed by atoms with Gasteiger partial charge in [0.05, 0.1) is 0 Å². The Kier molecular flexibility index (Phi) is 10.2. The number of hydrogen-bond donors (Lipinski definition) is 2. The van der Waals surface area contributed by atoms with Crippen LogP contribution in [0, 0.1) is 0 Å². The Morgan fingerprint density at radius 3 is 1.34 bits per heavy atom. The maximum atomic E-state index is 11.7. The quantitative estimate of drug-likeness (QED) is 0.401. The van der Waals surface area contributed by atoms with Crippen molar-refractivity contribution in [1.29, 1.82) is 0 Å². The summed E-state index contributed by atoms with van der Waals surface area (Å²) in [6, 6.07) is 13.8. The van der Waals surface area contributed by atoms with Crippen LogP contribution in [0.2, 0.25) is 10.0 Å². The van der Waals surface area contributed by atoms with Gasteiger partial charge in [0, 0.05) is 35.3 Å². The van der Waals surface area contributed by atoms with Gasteiger partial charge >= 0.3 is 11.9 Å². The first kappa shape index (κ1) is 24.9. The number of benzene rings is 2. The number of esters is 2. The molecule has 0 bridgehead atoms. The Morgan fingerprint density at radius 2 is 1.00 bits per heavy atom. The molecular formula is C22H20Cl2N2O6. The standard InChI is InChI=1S/C22H20Cl2N2O6/c23-17-5-1-15(2-6-17)11-25-19(27)13-31-21(29)9-10-22(30)32-14-20(28)26-12-16-3-7-18(24)8-4-16/h1-10H,11-14H2,(H,25,27)(H,26,28). The summed E-state index contributed by atoms with van der Waals surface area (Å²) in [5.41, 5.74) is 1.66. The molecule has 8 nitrogen and oxygen atoms in total. The molecule has 2 aromatic carbocycles. The zero-order chi connectivity index (χ0) is 23.3. The van der Waals surface area contributed by atoms with Crippen molar-refractivity contribution < 1.29 is 28.7 Å². The summed E-state index contributed by atoms with van der Waals surface area (Å²) in [4.78, 5) is 46.6. The number of halogens is 2. The molecule has 168 valence electrons. The summed E-state index contributed by atoms with van der Waals surface area (Å²) in [5, 5.41) is 6.31. The Morgan fingerprint density at radius 1 is 0.656 bits per heavy atom. The molecule has 2 N–H and O–H groups in total. The highest BCUT2D eigenvalue weighted by Crippen LogP contribution is 2.09. The van der Waals surface area contributed by atoms with Crippen LogP contribution in [-0.4, -0.2) is 37.0 Å². The van der Waals surface area contributed by atoms with E-state index in [4.69, 9.17) is 32.7 Å². The first-order chi connectivity index (χ1) is 15.3. The van der Waals surface area contributed by atoms with Crippen LogP contribution >= 0.6 is 23.2 Å². The first-order valence-electron chi connectivity index (χ1n) is 9.35. The van der Waals surface area contributed by atoms with Crippen LogP contribution in [0.3, 0.4) is 0 Å². The Bertz CT molecular complexity index is 895. The molecule has 2 amide bonds. The van der Waals surface area contributed by atoms with Crippen molar-refractivity contribution in [1.82, 2.24) is 10.6 Å². The molecule has 2 aromatic rings. The second-order valence-corrected chi connectivity index (χ2v) is 7.23. The Labute approximate surface area is 194 Å². The number of carbonyl (C=O) groups excluding carboxylic acids is 4. The summed E-state index contributed by atoms with van der Waals surface area (Å²) in [6.45, 7) is -0.538. The van der Waals surface area contributed by atoms with Crippen LogP contribution in [0.1, 0.15) is 11.1 Å². The molecule has 0 saturated heterocycles. The van der Waals surface area contributed by atoms with Gasteiger partial charge in [-0.1, -0.05) is 47.5 Å². The number of carbonyl (C=O) groups is 4. The van der Waals surface area contributed by atoms with Crippen LogP contribution in [0.5, 0.6) is 0 Å².